The van der Waals surface area contributed by atoms with Gasteiger partial charge in [0.15, 0.2) is 0 Å². The Morgan fingerprint density at radius 2 is 1.72 bits per heavy atom. The molecule has 4 aromatic rings. The van der Waals surface area contributed by atoms with Crippen LogP contribution >= 0.6 is 0 Å². The van der Waals surface area contributed by atoms with E-state index >= 15 is 0 Å². The van der Waals surface area contributed by atoms with Crippen molar-refractivity contribution in [3.05, 3.63) is 90.5 Å². The summed E-state index contributed by atoms with van der Waals surface area (Å²) >= 11 is 0. The third kappa shape index (κ3) is 3.87. The number of halogens is 1. The van der Waals surface area contributed by atoms with Gasteiger partial charge in [0.25, 0.3) is 0 Å². The summed E-state index contributed by atoms with van der Waals surface area (Å²) in [6.07, 6.45) is 1.36. The molecule has 29 heavy (non-hydrogen) atoms. The number of nitrogens with one attached hydrogen (secondary N) is 1. The van der Waals surface area contributed by atoms with Gasteiger partial charge in [-0.25, -0.2) is 4.79 Å². The van der Waals surface area contributed by atoms with Crippen molar-refractivity contribution in [1.82, 2.24) is 10.2 Å². The first-order valence-electron chi connectivity index (χ1n) is 8.90. The Bertz CT molecular complexity index is 1160. The molecule has 5 nitrogen and oxygen atoms in total. The normalized spacial score (nSPS) is 10.6. The zero-order chi connectivity index (χ0) is 20.2. The number of aromatic amines is 1. The van der Waals surface area contributed by atoms with Crippen molar-refractivity contribution < 1.29 is 18.7 Å². The van der Waals surface area contributed by atoms with E-state index < -0.39 is 11.9 Å². The Morgan fingerprint density at radius 3 is 2.45 bits per heavy atom. The van der Waals surface area contributed by atoms with Gasteiger partial charge in [0.1, 0.15) is 17.1 Å². The number of H-pyrrole nitrogens is 1. The molecule has 0 saturated heterocycles. The van der Waals surface area contributed by atoms with Gasteiger partial charge in [-0.1, -0.05) is 48.5 Å². The number of aromatic nitrogens is 2. The molecule has 0 unspecified atom stereocenters. The smallest absolute Gasteiger partial charge is 0.341 e. The van der Waals surface area contributed by atoms with E-state index in [1.54, 1.807) is 18.2 Å². The quantitative estimate of drug-likeness (QED) is 0.461. The third-order valence-corrected chi connectivity index (χ3v) is 4.46. The van der Waals surface area contributed by atoms with Crippen LogP contribution in [0.2, 0.25) is 0 Å². The van der Waals surface area contributed by atoms with Crippen molar-refractivity contribution in [3.8, 4) is 33.8 Å². The minimum Gasteiger partial charge on any atom is -0.465 e. The fourth-order valence-corrected chi connectivity index (χ4v) is 3.02. The molecular weight excluding hydrogens is 371 g/mol. The summed E-state index contributed by atoms with van der Waals surface area (Å²) in [7, 11) is 1.28. The van der Waals surface area contributed by atoms with E-state index in [4.69, 9.17) is 9.47 Å². The Balaban J connectivity index is 1.70. The van der Waals surface area contributed by atoms with Crippen LogP contribution in [0.15, 0.2) is 79.0 Å². The zero-order valence-electron chi connectivity index (χ0n) is 15.6. The number of carbonyl (C=O) groups is 1. The van der Waals surface area contributed by atoms with E-state index in [9.17, 15) is 9.18 Å². The van der Waals surface area contributed by atoms with Gasteiger partial charge in [0.2, 0.25) is 5.95 Å². The molecule has 6 heteroatoms. The summed E-state index contributed by atoms with van der Waals surface area (Å²) in [6.45, 7) is 0. The standard InChI is InChI=1S/C23H17FN2O3/c1-28-23(27)19-13-17(20-14-25-26-22(20)24)10-11-21(19)29-18-9-5-8-16(12-18)15-6-3-2-4-7-15/h2-14H,1H3,(H,25,26). The summed E-state index contributed by atoms with van der Waals surface area (Å²) in [4.78, 5) is 12.3. The number of benzene rings is 3. The van der Waals surface area contributed by atoms with Crippen LogP contribution in [0.4, 0.5) is 4.39 Å². The molecule has 1 heterocycles. The lowest BCUT2D eigenvalue weighted by molar-refractivity contribution is 0.0598. The van der Waals surface area contributed by atoms with Gasteiger partial charge in [0.05, 0.1) is 18.9 Å². The van der Waals surface area contributed by atoms with Crippen molar-refractivity contribution in [1.29, 1.82) is 0 Å². The highest BCUT2D eigenvalue weighted by Crippen LogP contribution is 2.33. The maximum absolute atomic E-state index is 13.8. The first-order valence-corrected chi connectivity index (χ1v) is 8.90. The number of ether oxygens (including phenoxy) is 2. The molecule has 0 aliphatic carbocycles. The number of carbonyl (C=O) groups excluding carboxylic acids is 1. The molecular formula is C23H17FN2O3. The highest BCUT2D eigenvalue weighted by Gasteiger charge is 2.17. The summed E-state index contributed by atoms with van der Waals surface area (Å²) in [5, 5.41) is 5.92. The maximum atomic E-state index is 13.8. The lowest BCUT2D eigenvalue weighted by atomic mass is 10.0. The van der Waals surface area contributed by atoms with E-state index in [0.717, 1.165) is 11.1 Å². The Hall–Kier alpha value is -3.93. The largest absolute Gasteiger partial charge is 0.465 e. The highest BCUT2D eigenvalue weighted by atomic mass is 19.1. The molecule has 0 aliphatic heterocycles. The van der Waals surface area contributed by atoms with E-state index in [1.165, 1.54) is 19.4 Å². The van der Waals surface area contributed by atoms with Crippen LogP contribution in [-0.2, 0) is 4.74 Å². The van der Waals surface area contributed by atoms with Gasteiger partial charge in [-0.2, -0.15) is 9.49 Å². The second-order valence-electron chi connectivity index (χ2n) is 6.30. The molecule has 0 aliphatic rings. The first-order chi connectivity index (χ1) is 14.2. The van der Waals surface area contributed by atoms with Crippen LogP contribution in [0, 0.1) is 5.95 Å². The fourth-order valence-electron chi connectivity index (χ4n) is 3.02. The van der Waals surface area contributed by atoms with Crippen LogP contribution in [-0.4, -0.2) is 23.3 Å². The fraction of sp³-hybridized carbons (Fsp3) is 0.0435. The average molecular weight is 388 g/mol. The van der Waals surface area contributed by atoms with Crippen molar-refractivity contribution in [2.75, 3.05) is 7.11 Å². The minimum atomic E-state index is -0.579. The predicted molar refractivity (Wildman–Crippen MR) is 107 cm³/mol. The van der Waals surface area contributed by atoms with Gasteiger partial charge >= 0.3 is 5.97 Å². The van der Waals surface area contributed by atoms with Crippen LogP contribution in [0.5, 0.6) is 11.5 Å². The monoisotopic (exact) mass is 388 g/mol. The second kappa shape index (κ2) is 7.98. The van der Waals surface area contributed by atoms with Crippen LogP contribution < -0.4 is 4.74 Å². The molecule has 0 spiro atoms. The molecule has 0 amide bonds. The molecule has 1 N–H and O–H groups in total. The Labute approximate surface area is 166 Å². The number of methoxy groups -OCH3 is 1. The molecule has 0 atom stereocenters. The number of hydrogen-bond acceptors (Lipinski definition) is 4. The summed E-state index contributed by atoms with van der Waals surface area (Å²) < 4.78 is 24.7. The average Bonchev–Trinajstić information content (AvgIpc) is 3.20. The number of nitrogens with zero attached hydrogens (tertiary/aromatic N) is 1. The van der Waals surface area contributed by atoms with Crippen molar-refractivity contribution in [3.63, 3.8) is 0 Å². The van der Waals surface area contributed by atoms with Gasteiger partial charge in [-0.3, -0.25) is 5.10 Å². The molecule has 0 saturated carbocycles. The summed E-state index contributed by atoms with van der Waals surface area (Å²) in [6, 6.07) is 22.3. The van der Waals surface area contributed by atoms with Crippen LogP contribution in [0.1, 0.15) is 10.4 Å². The number of rotatable bonds is 5. The molecule has 4 rings (SSSR count). The number of esters is 1. The molecule has 0 radical (unpaired) electrons. The van der Waals surface area contributed by atoms with Crippen LogP contribution in [0.25, 0.3) is 22.3 Å². The van der Waals surface area contributed by atoms with Crippen molar-refractivity contribution in [2.45, 2.75) is 0 Å². The second-order valence-corrected chi connectivity index (χ2v) is 6.30. The van der Waals surface area contributed by atoms with Crippen molar-refractivity contribution in [2.24, 2.45) is 0 Å². The van der Waals surface area contributed by atoms with Gasteiger partial charge in [-0.15, -0.1) is 0 Å². The van der Waals surface area contributed by atoms with E-state index in [0.29, 0.717) is 17.1 Å². The molecule has 0 fully saturated rings. The van der Waals surface area contributed by atoms with E-state index in [-0.39, 0.29) is 11.1 Å². The minimum absolute atomic E-state index is 0.190. The zero-order valence-corrected chi connectivity index (χ0v) is 15.6. The maximum Gasteiger partial charge on any atom is 0.341 e. The Morgan fingerprint density at radius 1 is 0.931 bits per heavy atom. The van der Waals surface area contributed by atoms with E-state index in [1.807, 2.05) is 48.5 Å². The molecule has 0 bridgehead atoms. The SMILES string of the molecule is COC(=O)c1cc(-c2cn[nH]c2F)ccc1Oc1cccc(-c2ccccc2)c1. The topological polar surface area (TPSA) is 64.2 Å². The van der Waals surface area contributed by atoms with Gasteiger partial charge < -0.3 is 9.47 Å². The molecule has 3 aromatic carbocycles. The molecule has 144 valence electrons. The lowest BCUT2D eigenvalue weighted by Crippen LogP contribution is -2.04. The summed E-state index contributed by atoms with van der Waals surface area (Å²) in [5.74, 6) is -0.275. The number of hydrogen-bond donors (Lipinski definition) is 1. The lowest BCUT2D eigenvalue weighted by Gasteiger charge is -2.12. The van der Waals surface area contributed by atoms with Gasteiger partial charge in [0, 0.05) is 0 Å². The van der Waals surface area contributed by atoms with Crippen LogP contribution in [0.3, 0.4) is 0 Å². The molecule has 1 aromatic heterocycles. The van der Waals surface area contributed by atoms with E-state index in [2.05, 4.69) is 10.2 Å². The Kier molecular flexibility index (Phi) is 5.07. The van der Waals surface area contributed by atoms with Gasteiger partial charge in [-0.05, 0) is 41.0 Å². The van der Waals surface area contributed by atoms with Crippen molar-refractivity contribution >= 4 is 5.97 Å². The first kappa shape index (κ1) is 18.4. The predicted octanol–water partition coefficient (Wildman–Crippen LogP) is 5.46. The third-order valence-electron chi connectivity index (χ3n) is 4.46. The summed E-state index contributed by atoms with van der Waals surface area (Å²) in [5.41, 5.74) is 2.97. The highest BCUT2D eigenvalue weighted by molar-refractivity contribution is 5.94.